The van der Waals surface area contributed by atoms with Gasteiger partial charge in [-0.05, 0) is 22.9 Å². The molecule has 0 aliphatic rings. The summed E-state index contributed by atoms with van der Waals surface area (Å²) in [5.41, 5.74) is -6.00. The Hall–Kier alpha value is -2.78. The van der Waals surface area contributed by atoms with Crippen LogP contribution in [0, 0.1) is 0 Å². The fourth-order valence-electron chi connectivity index (χ4n) is 2.37. The molecule has 2 N–H and O–H groups in total. The maximum atomic E-state index is 13.2. The molecule has 2 aromatic rings. The number of benzene rings is 2. The first-order valence-corrected chi connectivity index (χ1v) is 6.06. The van der Waals surface area contributed by atoms with E-state index in [1.165, 1.54) is 0 Å². The highest BCUT2D eigenvalue weighted by atomic mass is 19.4. The third-order valence-electron chi connectivity index (χ3n) is 3.23. The Bertz CT molecular complexity index is 780. The summed E-state index contributed by atoms with van der Waals surface area (Å²) in [6.07, 6.45) is -10.5. The lowest BCUT2D eigenvalue weighted by molar-refractivity contribution is -0.138. The molecule has 0 fully saturated rings. The van der Waals surface area contributed by atoms with Gasteiger partial charge >= 0.3 is 24.3 Å². The van der Waals surface area contributed by atoms with Gasteiger partial charge in [-0.25, -0.2) is 9.59 Å². The molecule has 0 amide bonds. The van der Waals surface area contributed by atoms with Gasteiger partial charge in [0.25, 0.3) is 0 Å². The second-order valence-electron chi connectivity index (χ2n) is 4.68. The molecule has 0 aliphatic carbocycles. The molecular formula is C14H6F6O4. The molecule has 0 radical (unpaired) electrons. The lowest BCUT2D eigenvalue weighted by Crippen LogP contribution is -2.17. The van der Waals surface area contributed by atoms with Crippen LogP contribution in [-0.2, 0) is 12.4 Å². The fourth-order valence-corrected chi connectivity index (χ4v) is 2.37. The number of carbonyl (C=O) groups is 2. The number of halogens is 6. The Kier molecular flexibility index (Phi) is 3.95. The van der Waals surface area contributed by atoms with Crippen LogP contribution in [0.25, 0.3) is 10.8 Å². The monoisotopic (exact) mass is 352 g/mol. The molecule has 0 saturated carbocycles. The second-order valence-corrected chi connectivity index (χ2v) is 4.68. The number of hydrogen-bond donors (Lipinski definition) is 2. The van der Waals surface area contributed by atoms with Gasteiger partial charge in [0.05, 0.1) is 22.3 Å². The summed E-state index contributed by atoms with van der Waals surface area (Å²) in [5.74, 6) is -3.94. The van der Waals surface area contributed by atoms with Crippen LogP contribution >= 0.6 is 0 Å². The van der Waals surface area contributed by atoms with Gasteiger partial charge in [0.1, 0.15) is 0 Å². The summed E-state index contributed by atoms with van der Waals surface area (Å²) in [7, 11) is 0. The van der Waals surface area contributed by atoms with Crippen molar-refractivity contribution in [3.8, 4) is 0 Å². The molecule has 0 atom stereocenters. The van der Waals surface area contributed by atoms with Gasteiger partial charge in [0.15, 0.2) is 0 Å². The molecule has 0 unspecified atom stereocenters. The van der Waals surface area contributed by atoms with Crippen molar-refractivity contribution in [3.05, 3.63) is 46.5 Å². The van der Waals surface area contributed by atoms with Crippen molar-refractivity contribution >= 4 is 22.7 Å². The van der Waals surface area contributed by atoms with Crippen molar-refractivity contribution in [2.45, 2.75) is 12.4 Å². The number of rotatable bonds is 2. The third kappa shape index (κ3) is 2.86. The zero-order valence-corrected chi connectivity index (χ0v) is 11.3. The van der Waals surface area contributed by atoms with E-state index in [0.717, 1.165) is 0 Å². The van der Waals surface area contributed by atoms with Crippen LogP contribution in [0.2, 0.25) is 0 Å². The molecule has 0 aromatic heterocycles. The SMILES string of the molecule is O=C(O)c1ccc2c(C(F)(F)F)c(C(=O)O)ccc2c1C(F)(F)F. The highest BCUT2D eigenvalue weighted by Crippen LogP contribution is 2.43. The Labute approximate surface area is 128 Å². The van der Waals surface area contributed by atoms with Gasteiger partial charge in [0, 0.05) is 0 Å². The molecule has 0 heterocycles. The molecule has 2 aromatic carbocycles. The molecule has 0 bridgehead atoms. The standard InChI is InChI=1S/C14H6F6O4/c15-13(16,17)9-5-1-3-7(11(21)22)10(14(18,19)20)6(5)2-4-8(9)12(23)24/h1-4H,(H,21,22)(H,23,24). The lowest BCUT2D eigenvalue weighted by Gasteiger charge is -2.18. The van der Waals surface area contributed by atoms with Crippen LogP contribution in [0.15, 0.2) is 24.3 Å². The van der Waals surface area contributed by atoms with Crippen molar-refractivity contribution in [3.63, 3.8) is 0 Å². The predicted molar refractivity (Wildman–Crippen MR) is 67.9 cm³/mol. The fraction of sp³-hybridized carbons (Fsp3) is 0.143. The van der Waals surface area contributed by atoms with E-state index < -0.39 is 57.3 Å². The number of aromatic carboxylic acids is 2. The summed E-state index contributed by atoms with van der Waals surface area (Å²) in [6, 6.07) is 1.77. The Morgan fingerprint density at radius 2 is 0.958 bits per heavy atom. The second kappa shape index (κ2) is 5.39. The van der Waals surface area contributed by atoms with E-state index in [0.29, 0.717) is 24.3 Å². The van der Waals surface area contributed by atoms with Crippen LogP contribution < -0.4 is 0 Å². The van der Waals surface area contributed by atoms with E-state index in [1.54, 1.807) is 0 Å². The summed E-state index contributed by atoms with van der Waals surface area (Å²) in [5, 5.41) is 15.6. The zero-order valence-electron chi connectivity index (χ0n) is 11.3. The van der Waals surface area contributed by atoms with Crippen molar-refractivity contribution in [1.29, 1.82) is 0 Å². The van der Waals surface area contributed by atoms with Crippen LogP contribution in [0.3, 0.4) is 0 Å². The maximum absolute atomic E-state index is 13.2. The topological polar surface area (TPSA) is 74.6 Å². The Balaban J connectivity index is 3.08. The van der Waals surface area contributed by atoms with E-state index in [1.807, 2.05) is 0 Å². The minimum absolute atomic E-state index is 0.369. The van der Waals surface area contributed by atoms with Gasteiger partial charge in [-0.2, -0.15) is 26.3 Å². The Morgan fingerprint density at radius 1 is 0.667 bits per heavy atom. The van der Waals surface area contributed by atoms with E-state index in [9.17, 15) is 35.9 Å². The van der Waals surface area contributed by atoms with Crippen LogP contribution in [0.5, 0.6) is 0 Å². The molecule has 2 rings (SSSR count). The van der Waals surface area contributed by atoms with E-state index >= 15 is 0 Å². The molecule has 0 aliphatic heterocycles. The third-order valence-corrected chi connectivity index (χ3v) is 3.23. The molecular weight excluding hydrogens is 346 g/mol. The number of carboxylic acid groups (broad SMARTS) is 2. The highest BCUT2D eigenvalue weighted by molar-refractivity contribution is 6.03. The summed E-state index contributed by atoms with van der Waals surface area (Å²) in [4.78, 5) is 21.9. The first-order chi connectivity index (χ1) is 10.9. The molecule has 24 heavy (non-hydrogen) atoms. The zero-order chi connectivity index (χ0) is 18.4. The Morgan fingerprint density at radius 3 is 1.17 bits per heavy atom. The van der Waals surface area contributed by atoms with Crippen LogP contribution in [-0.4, -0.2) is 22.2 Å². The largest absolute Gasteiger partial charge is 0.478 e. The smallest absolute Gasteiger partial charge is 0.417 e. The van der Waals surface area contributed by atoms with E-state index in [4.69, 9.17) is 10.2 Å². The number of carboxylic acids is 2. The van der Waals surface area contributed by atoms with Crippen LogP contribution in [0.4, 0.5) is 26.3 Å². The molecule has 128 valence electrons. The van der Waals surface area contributed by atoms with Crippen molar-refractivity contribution in [2.75, 3.05) is 0 Å². The molecule has 0 saturated heterocycles. The first-order valence-electron chi connectivity index (χ1n) is 6.06. The number of hydrogen-bond acceptors (Lipinski definition) is 2. The quantitative estimate of drug-likeness (QED) is 0.792. The predicted octanol–water partition coefficient (Wildman–Crippen LogP) is 4.27. The average molecular weight is 352 g/mol. The first kappa shape index (κ1) is 17.6. The van der Waals surface area contributed by atoms with Gasteiger partial charge in [0.2, 0.25) is 0 Å². The molecule has 10 heteroatoms. The van der Waals surface area contributed by atoms with Gasteiger partial charge < -0.3 is 10.2 Å². The minimum Gasteiger partial charge on any atom is -0.478 e. The van der Waals surface area contributed by atoms with Crippen molar-refractivity contribution in [1.82, 2.24) is 0 Å². The maximum Gasteiger partial charge on any atom is 0.417 e. The number of fused-ring (bicyclic) bond motifs is 1. The van der Waals surface area contributed by atoms with E-state index in [-0.39, 0.29) is 0 Å². The van der Waals surface area contributed by atoms with Gasteiger partial charge in [-0.1, -0.05) is 12.1 Å². The highest BCUT2D eigenvalue weighted by Gasteiger charge is 2.41. The van der Waals surface area contributed by atoms with Gasteiger partial charge in [-0.3, -0.25) is 0 Å². The van der Waals surface area contributed by atoms with Gasteiger partial charge in [-0.15, -0.1) is 0 Å². The van der Waals surface area contributed by atoms with Crippen molar-refractivity contribution in [2.24, 2.45) is 0 Å². The summed E-state index contributed by atoms with van der Waals surface area (Å²) in [6.45, 7) is 0. The minimum atomic E-state index is -5.25. The molecule has 4 nitrogen and oxygen atoms in total. The molecule has 0 spiro atoms. The summed E-state index contributed by atoms with van der Waals surface area (Å²) < 4.78 is 79.0. The normalized spacial score (nSPS) is 12.4. The van der Waals surface area contributed by atoms with E-state index in [2.05, 4.69) is 0 Å². The lowest BCUT2D eigenvalue weighted by atomic mass is 9.92. The summed E-state index contributed by atoms with van der Waals surface area (Å²) >= 11 is 0. The van der Waals surface area contributed by atoms with Crippen LogP contribution in [0.1, 0.15) is 31.8 Å². The number of alkyl halides is 6. The average Bonchev–Trinajstić information content (AvgIpc) is 2.41. The van der Waals surface area contributed by atoms with Crippen molar-refractivity contribution < 1.29 is 46.1 Å².